The lowest BCUT2D eigenvalue weighted by molar-refractivity contribution is 0.0939. The number of carbonyl (C=O) groups excluding carboxylic acids is 1. The number of hydrogen-bond donors (Lipinski definition) is 1. The number of amides is 1. The Morgan fingerprint density at radius 3 is 2.71 bits per heavy atom. The fourth-order valence-corrected chi connectivity index (χ4v) is 3.21. The highest BCUT2D eigenvalue weighted by atomic mass is 16.5. The predicted octanol–water partition coefficient (Wildman–Crippen LogP) is 3.69. The topological polar surface area (TPSA) is 41.6 Å². The molecule has 4 nitrogen and oxygen atoms in total. The van der Waals surface area contributed by atoms with Gasteiger partial charge in [0, 0.05) is 12.6 Å². The summed E-state index contributed by atoms with van der Waals surface area (Å²) in [5.41, 5.74) is 0.572. The summed E-state index contributed by atoms with van der Waals surface area (Å²) in [6.07, 6.45) is 2.36. The van der Waals surface area contributed by atoms with Crippen LogP contribution < -0.4 is 10.1 Å². The van der Waals surface area contributed by atoms with Crippen LogP contribution in [0, 0.1) is 0 Å². The van der Waals surface area contributed by atoms with Crippen LogP contribution in [0.15, 0.2) is 54.6 Å². The van der Waals surface area contributed by atoms with Crippen LogP contribution in [0.3, 0.4) is 0 Å². The summed E-state index contributed by atoms with van der Waals surface area (Å²) in [7, 11) is 0. The number of ether oxygens (including phenoxy) is 1. The minimum atomic E-state index is -0.0792. The molecule has 1 aliphatic rings. The number of likely N-dealkylation sites (N-methyl/N-ethyl adjacent to an activating group) is 1. The van der Waals surface area contributed by atoms with Gasteiger partial charge in [-0.15, -0.1) is 0 Å². The number of nitrogens with one attached hydrogen (secondary N) is 1. The Kier molecular flexibility index (Phi) is 5.49. The number of hydrogen-bond acceptors (Lipinski definition) is 3. The van der Waals surface area contributed by atoms with Gasteiger partial charge in [0.1, 0.15) is 11.5 Å². The average Bonchev–Trinajstić information content (AvgIpc) is 3.08. The highest BCUT2D eigenvalue weighted by Gasteiger charge is 2.23. The van der Waals surface area contributed by atoms with E-state index in [2.05, 4.69) is 17.1 Å². The maximum absolute atomic E-state index is 12.6. The van der Waals surface area contributed by atoms with E-state index in [-0.39, 0.29) is 5.91 Å². The van der Waals surface area contributed by atoms with Gasteiger partial charge in [0.05, 0.1) is 5.56 Å². The summed E-state index contributed by atoms with van der Waals surface area (Å²) in [6.45, 7) is 5.02. The molecular weight excluding hydrogens is 300 g/mol. The van der Waals surface area contributed by atoms with E-state index in [9.17, 15) is 4.79 Å². The van der Waals surface area contributed by atoms with Crippen LogP contribution in [-0.4, -0.2) is 36.5 Å². The van der Waals surface area contributed by atoms with E-state index >= 15 is 0 Å². The molecule has 0 bridgehead atoms. The number of likely N-dealkylation sites (tertiary alicyclic amines) is 1. The molecule has 1 aliphatic heterocycles. The third-order valence-electron chi connectivity index (χ3n) is 4.51. The Morgan fingerprint density at radius 1 is 1.17 bits per heavy atom. The van der Waals surface area contributed by atoms with E-state index in [0.29, 0.717) is 23.9 Å². The number of carbonyl (C=O) groups is 1. The number of para-hydroxylation sites is 2. The Labute approximate surface area is 143 Å². The zero-order valence-electron chi connectivity index (χ0n) is 14.1. The van der Waals surface area contributed by atoms with Gasteiger partial charge in [-0.1, -0.05) is 37.3 Å². The third kappa shape index (κ3) is 3.95. The van der Waals surface area contributed by atoms with Crippen molar-refractivity contribution in [2.45, 2.75) is 25.8 Å². The zero-order chi connectivity index (χ0) is 16.8. The summed E-state index contributed by atoms with van der Waals surface area (Å²) in [5.74, 6) is 1.23. The summed E-state index contributed by atoms with van der Waals surface area (Å²) in [6, 6.07) is 17.3. The van der Waals surface area contributed by atoms with E-state index < -0.39 is 0 Å². The number of rotatable bonds is 6. The van der Waals surface area contributed by atoms with Crippen molar-refractivity contribution in [1.82, 2.24) is 10.2 Å². The molecule has 0 spiro atoms. The number of nitrogens with zero attached hydrogens (tertiary/aromatic N) is 1. The van der Waals surface area contributed by atoms with Crippen LogP contribution in [0.5, 0.6) is 11.5 Å². The first-order valence-electron chi connectivity index (χ1n) is 8.62. The molecule has 1 saturated heterocycles. The highest BCUT2D eigenvalue weighted by Crippen LogP contribution is 2.25. The monoisotopic (exact) mass is 324 g/mol. The Morgan fingerprint density at radius 2 is 1.92 bits per heavy atom. The fourth-order valence-electron chi connectivity index (χ4n) is 3.21. The maximum Gasteiger partial charge on any atom is 0.255 e. The van der Waals surface area contributed by atoms with Gasteiger partial charge in [0.25, 0.3) is 5.91 Å². The first-order chi connectivity index (χ1) is 11.8. The summed E-state index contributed by atoms with van der Waals surface area (Å²) in [5, 5.41) is 3.07. The van der Waals surface area contributed by atoms with Gasteiger partial charge in [-0.2, -0.15) is 0 Å². The quantitative estimate of drug-likeness (QED) is 0.881. The molecule has 1 N–H and O–H groups in total. The van der Waals surface area contributed by atoms with Crippen molar-refractivity contribution in [2.24, 2.45) is 0 Å². The first-order valence-corrected chi connectivity index (χ1v) is 8.62. The second-order valence-corrected chi connectivity index (χ2v) is 6.05. The van der Waals surface area contributed by atoms with E-state index in [1.165, 1.54) is 6.42 Å². The molecule has 1 fully saturated rings. The molecule has 1 amide bonds. The van der Waals surface area contributed by atoms with Crippen molar-refractivity contribution in [3.8, 4) is 11.5 Å². The largest absolute Gasteiger partial charge is 0.457 e. The predicted molar refractivity (Wildman–Crippen MR) is 95.6 cm³/mol. The van der Waals surface area contributed by atoms with E-state index in [4.69, 9.17) is 4.74 Å². The van der Waals surface area contributed by atoms with Gasteiger partial charge in [-0.3, -0.25) is 9.69 Å². The average molecular weight is 324 g/mol. The molecule has 1 atom stereocenters. The lowest BCUT2D eigenvalue weighted by atomic mass is 10.1. The van der Waals surface area contributed by atoms with Crippen molar-refractivity contribution >= 4 is 5.91 Å². The Hall–Kier alpha value is -2.33. The second-order valence-electron chi connectivity index (χ2n) is 6.05. The third-order valence-corrected chi connectivity index (χ3v) is 4.51. The van der Waals surface area contributed by atoms with Crippen LogP contribution in [-0.2, 0) is 0 Å². The molecule has 2 aromatic carbocycles. The molecule has 3 rings (SSSR count). The van der Waals surface area contributed by atoms with Crippen LogP contribution in [0.1, 0.15) is 30.1 Å². The second kappa shape index (κ2) is 7.97. The summed E-state index contributed by atoms with van der Waals surface area (Å²) in [4.78, 5) is 15.0. The van der Waals surface area contributed by atoms with Crippen molar-refractivity contribution in [1.29, 1.82) is 0 Å². The van der Waals surface area contributed by atoms with Gasteiger partial charge in [0.15, 0.2) is 0 Å². The summed E-state index contributed by atoms with van der Waals surface area (Å²) < 4.78 is 5.87. The lowest BCUT2D eigenvalue weighted by Gasteiger charge is -2.23. The molecule has 0 unspecified atom stereocenters. The molecule has 24 heavy (non-hydrogen) atoms. The van der Waals surface area contributed by atoms with E-state index in [1.54, 1.807) is 6.07 Å². The molecule has 0 aromatic heterocycles. The smallest absolute Gasteiger partial charge is 0.255 e. The van der Waals surface area contributed by atoms with Crippen LogP contribution >= 0.6 is 0 Å². The van der Waals surface area contributed by atoms with Gasteiger partial charge in [0.2, 0.25) is 0 Å². The van der Waals surface area contributed by atoms with Gasteiger partial charge in [-0.05, 0) is 50.2 Å². The molecule has 4 heteroatoms. The van der Waals surface area contributed by atoms with Crippen molar-refractivity contribution in [3.05, 3.63) is 60.2 Å². The van der Waals surface area contributed by atoms with Gasteiger partial charge < -0.3 is 10.1 Å². The van der Waals surface area contributed by atoms with E-state index in [0.717, 1.165) is 25.3 Å². The van der Waals surface area contributed by atoms with Crippen LogP contribution in [0.2, 0.25) is 0 Å². The molecule has 1 heterocycles. The molecule has 0 saturated carbocycles. The SMILES string of the molecule is CCN1CCC[C@H]1CNC(=O)c1ccccc1Oc1ccccc1. The van der Waals surface area contributed by atoms with Crippen molar-refractivity contribution < 1.29 is 9.53 Å². The first kappa shape index (κ1) is 16.5. The molecular formula is C20H24N2O2. The summed E-state index contributed by atoms with van der Waals surface area (Å²) >= 11 is 0. The van der Waals surface area contributed by atoms with E-state index in [1.807, 2.05) is 48.5 Å². The highest BCUT2D eigenvalue weighted by molar-refractivity contribution is 5.97. The van der Waals surface area contributed by atoms with Gasteiger partial charge in [-0.25, -0.2) is 0 Å². The van der Waals surface area contributed by atoms with Crippen LogP contribution in [0.25, 0.3) is 0 Å². The maximum atomic E-state index is 12.6. The lowest BCUT2D eigenvalue weighted by Crippen LogP contribution is -2.40. The molecule has 0 aliphatic carbocycles. The zero-order valence-corrected chi connectivity index (χ0v) is 14.1. The standard InChI is InChI=1S/C20H24N2O2/c1-2-22-14-8-9-16(22)15-21-20(23)18-12-6-7-13-19(18)24-17-10-4-3-5-11-17/h3-7,10-13,16H,2,8-9,14-15H2,1H3,(H,21,23)/t16-/m0/s1. The minimum absolute atomic E-state index is 0.0792. The molecule has 126 valence electrons. The Balaban J connectivity index is 1.66. The fraction of sp³-hybridized carbons (Fsp3) is 0.350. The molecule has 2 aromatic rings. The van der Waals surface area contributed by atoms with Crippen molar-refractivity contribution in [2.75, 3.05) is 19.6 Å². The van der Waals surface area contributed by atoms with Crippen molar-refractivity contribution in [3.63, 3.8) is 0 Å². The normalized spacial score (nSPS) is 17.6. The Bertz CT molecular complexity index is 672. The van der Waals surface area contributed by atoms with Gasteiger partial charge >= 0.3 is 0 Å². The number of benzene rings is 2. The minimum Gasteiger partial charge on any atom is -0.457 e. The van der Waals surface area contributed by atoms with Crippen LogP contribution in [0.4, 0.5) is 0 Å². The molecule has 0 radical (unpaired) electrons.